The van der Waals surface area contributed by atoms with E-state index in [4.69, 9.17) is 14.6 Å². The van der Waals surface area contributed by atoms with Crippen molar-refractivity contribution < 1.29 is 9.47 Å². The van der Waals surface area contributed by atoms with Gasteiger partial charge in [0.2, 0.25) is 0 Å². The Labute approximate surface area is 170 Å². The third-order valence-electron chi connectivity index (χ3n) is 5.86. The summed E-state index contributed by atoms with van der Waals surface area (Å²) in [5, 5.41) is 13.6. The second-order valence-electron chi connectivity index (χ2n) is 7.63. The lowest BCUT2D eigenvalue weighted by Crippen LogP contribution is -2.40. The fourth-order valence-corrected chi connectivity index (χ4v) is 4.41. The second kappa shape index (κ2) is 7.70. The minimum absolute atomic E-state index is 0.147. The van der Waals surface area contributed by atoms with E-state index in [1.54, 1.807) is 0 Å². The van der Waals surface area contributed by atoms with E-state index in [2.05, 4.69) is 45.6 Å². The quantitative estimate of drug-likeness (QED) is 0.676. The van der Waals surface area contributed by atoms with Crippen molar-refractivity contribution in [3.05, 3.63) is 58.9 Å². The fraction of sp³-hybridized carbons (Fsp3) is 0.476. The molecule has 2 aliphatic heterocycles. The number of ether oxygens (including phenoxy) is 2. The van der Waals surface area contributed by atoms with Crippen molar-refractivity contribution in [3.63, 3.8) is 0 Å². The molecule has 1 aromatic carbocycles. The fourth-order valence-electron chi connectivity index (χ4n) is 4.41. The molecule has 0 N–H and O–H groups in total. The number of nitrogens with zero attached hydrogens (tertiary/aromatic N) is 6. The number of aryl methyl sites for hydroxylation is 1. The van der Waals surface area contributed by atoms with E-state index in [0.717, 1.165) is 55.0 Å². The van der Waals surface area contributed by atoms with Crippen LogP contribution < -0.4 is 0 Å². The van der Waals surface area contributed by atoms with Crippen molar-refractivity contribution in [3.8, 4) is 5.69 Å². The third kappa shape index (κ3) is 3.37. The molecule has 0 spiro atoms. The van der Waals surface area contributed by atoms with Crippen LogP contribution >= 0.6 is 0 Å². The van der Waals surface area contributed by atoms with Crippen LogP contribution in [0.1, 0.15) is 34.6 Å². The van der Waals surface area contributed by atoms with E-state index in [-0.39, 0.29) is 6.04 Å². The second-order valence-corrected chi connectivity index (χ2v) is 7.63. The van der Waals surface area contributed by atoms with Crippen molar-refractivity contribution in [2.45, 2.75) is 39.6 Å². The van der Waals surface area contributed by atoms with E-state index >= 15 is 0 Å². The molecule has 0 aliphatic carbocycles. The average Bonchev–Trinajstić information content (AvgIpc) is 3.30. The average molecular weight is 394 g/mol. The molecular weight excluding hydrogens is 368 g/mol. The molecule has 5 rings (SSSR count). The minimum Gasteiger partial charge on any atom is -0.378 e. The van der Waals surface area contributed by atoms with E-state index < -0.39 is 0 Å². The van der Waals surface area contributed by atoms with Crippen LogP contribution in [0.15, 0.2) is 30.3 Å². The lowest BCUT2D eigenvalue weighted by molar-refractivity contribution is -0.0153. The van der Waals surface area contributed by atoms with Gasteiger partial charge in [0.15, 0.2) is 5.82 Å². The summed E-state index contributed by atoms with van der Waals surface area (Å²) in [7, 11) is 0. The van der Waals surface area contributed by atoms with Gasteiger partial charge in [0.05, 0.1) is 43.8 Å². The highest BCUT2D eigenvalue weighted by Gasteiger charge is 2.31. The lowest BCUT2D eigenvalue weighted by atomic mass is 10.0. The maximum absolute atomic E-state index is 5.88. The van der Waals surface area contributed by atoms with Gasteiger partial charge in [0.25, 0.3) is 0 Å². The molecule has 152 valence electrons. The zero-order valence-electron chi connectivity index (χ0n) is 16.9. The molecule has 8 heteroatoms. The van der Waals surface area contributed by atoms with Crippen molar-refractivity contribution >= 4 is 0 Å². The maximum atomic E-state index is 5.88. The first-order valence-corrected chi connectivity index (χ1v) is 10.1. The summed E-state index contributed by atoms with van der Waals surface area (Å²) >= 11 is 0. The molecule has 29 heavy (non-hydrogen) atoms. The Balaban J connectivity index is 1.46. The number of morpholine rings is 1. The van der Waals surface area contributed by atoms with Gasteiger partial charge in [-0.25, -0.2) is 4.68 Å². The van der Waals surface area contributed by atoms with Crippen LogP contribution in [0.4, 0.5) is 0 Å². The van der Waals surface area contributed by atoms with Gasteiger partial charge in [-0.05, 0) is 26.0 Å². The number of aromatic nitrogens is 5. The zero-order valence-corrected chi connectivity index (χ0v) is 16.9. The summed E-state index contributed by atoms with van der Waals surface area (Å²) in [6, 6.07) is 10.4. The van der Waals surface area contributed by atoms with Crippen LogP contribution in [-0.2, 0) is 29.2 Å². The molecule has 0 amide bonds. The van der Waals surface area contributed by atoms with Crippen LogP contribution in [-0.4, -0.2) is 55.8 Å². The van der Waals surface area contributed by atoms with Crippen molar-refractivity contribution in [2.24, 2.45) is 0 Å². The Morgan fingerprint density at radius 1 is 1.03 bits per heavy atom. The summed E-state index contributed by atoms with van der Waals surface area (Å²) in [4.78, 5) is 2.45. The summed E-state index contributed by atoms with van der Waals surface area (Å²) in [6.07, 6.45) is 0. The SMILES string of the molecule is Cc1nn(-c2ccccc2)c(C)c1C1COCCN1Cc1nnc2n1CCOC2. The van der Waals surface area contributed by atoms with Gasteiger partial charge >= 0.3 is 0 Å². The smallest absolute Gasteiger partial charge is 0.159 e. The molecule has 1 atom stereocenters. The molecule has 8 nitrogen and oxygen atoms in total. The summed E-state index contributed by atoms with van der Waals surface area (Å²) in [5.74, 6) is 1.92. The Kier molecular flexibility index (Phi) is 4.91. The number of para-hydroxylation sites is 1. The molecule has 1 fully saturated rings. The standard InChI is InChI=1S/C21H26N6O2/c1-15-21(16(2)27(24-15)17-6-4-3-5-7-17)18-13-28-10-8-25(18)12-19-22-23-20-14-29-11-9-26(19)20/h3-7,18H,8-14H2,1-2H3. The third-order valence-corrected chi connectivity index (χ3v) is 5.86. The van der Waals surface area contributed by atoms with Crippen LogP contribution in [0.2, 0.25) is 0 Å². The number of rotatable bonds is 4. The first kappa shape index (κ1) is 18.5. The zero-order chi connectivity index (χ0) is 19.8. The van der Waals surface area contributed by atoms with Gasteiger partial charge in [-0.1, -0.05) is 18.2 Å². The normalized spacial score (nSPS) is 20.0. The molecule has 4 heterocycles. The lowest BCUT2D eigenvalue weighted by Gasteiger charge is -2.35. The van der Waals surface area contributed by atoms with Crippen LogP contribution in [0.25, 0.3) is 5.69 Å². The summed E-state index contributed by atoms with van der Waals surface area (Å²) in [5.41, 5.74) is 4.53. The minimum atomic E-state index is 0.147. The topological polar surface area (TPSA) is 70.2 Å². The largest absolute Gasteiger partial charge is 0.378 e. The van der Waals surface area contributed by atoms with E-state index in [9.17, 15) is 0 Å². The van der Waals surface area contributed by atoms with Gasteiger partial charge < -0.3 is 14.0 Å². The Morgan fingerprint density at radius 3 is 2.72 bits per heavy atom. The van der Waals surface area contributed by atoms with Gasteiger partial charge in [-0.15, -0.1) is 10.2 Å². The number of benzene rings is 1. The maximum Gasteiger partial charge on any atom is 0.159 e. The predicted molar refractivity (Wildman–Crippen MR) is 107 cm³/mol. The highest BCUT2D eigenvalue weighted by Crippen LogP contribution is 2.31. The van der Waals surface area contributed by atoms with Gasteiger partial charge in [0.1, 0.15) is 12.4 Å². The monoisotopic (exact) mass is 394 g/mol. The van der Waals surface area contributed by atoms with Crippen molar-refractivity contribution in [1.29, 1.82) is 0 Å². The molecule has 1 unspecified atom stereocenters. The predicted octanol–water partition coefficient (Wildman–Crippen LogP) is 2.18. The molecule has 3 aromatic rings. The summed E-state index contributed by atoms with van der Waals surface area (Å²) in [6.45, 7) is 9.30. The molecular formula is C21H26N6O2. The molecule has 0 saturated carbocycles. The molecule has 1 saturated heterocycles. The van der Waals surface area contributed by atoms with E-state index in [1.807, 2.05) is 22.9 Å². The number of hydrogen-bond donors (Lipinski definition) is 0. The summed E-state index contributed by atoms with van der Waals surface area (Å²) < 4.78 is 15.6. The molecule has 2 aliphatic rings. The van der Waals surface area contributed by atoms with Gasteiger partial charge in [-0.2, -0.15) is 5.10 Å². The molecule has 0 bridgehead atoms. The highest BCUT2D eigenvalue weighted by molar-refractivity contribution is 5.38. The molecule has 0 radical (unpaired) electrons. The Hall–Kier alpha value is -2.55. The van der Waals surface area contributed by atoms with E-state index in [1.165, 1.54) is 5.56 Å². The van der Waals surface area contributed by atoms with Crippen LogP contribution in [0.3, 0.4) is 0 Å². The first-order valence-electron chi connectivity index (χ1n) is 10.1. The van der Waals surface area contributed by atoms with Gasteiger partial charge in [-0.3, -0.25) is 4.90 Å². The number of fused-ring (bicyclic) bond motifs is 1. The number of hydrogen-bond acceptors (Lipinski definition) is 6. The Morgan fingerprint density at radius 2 is 1.86 bits per heavy atom. The van der Waals surface area contributed by atoms with Crippen molar-refractivity contribution in [2.75, 3.05) is 26.4 Å². The van der Waals surface area contributed by atoms with Gasteiger partial charge in [0, 0.05) is 24.3 Å². The Bertz CT molecular complexity index is 996. The van der Waals surface area contributed by atoms with Crippen molar-refractivity contribution in [1.82, 2.24) is 29.4 Å². The first-order chi connectivity index (χ1) is 14.2. The van der Waals surface area contributed by atoms with Crippen LogP contribution in [0, 0.1) is 13.8 Å². The highest BCUT2D eigenvalue weighted by atomic mass is 16.5. The van der Waals surface area contributed by atoms with E-state index in [0.29, 0.717) is 19.8 Å². The molecule has 2 aromatic heterocycles. The van der Waals surface area contributed by atoms with Crippen LogP contribution in [0.5, 0.6) is 0 Å².